The quantitative estimate of drug-likeness (QED) is 0.852. The lowest BCUT2D eigenvalue weighted by Gasteiger charge is -2.27. The lowest BCUT2D eigenvalue weighted by Crippen LogP contribution is -2.45. The fraction of sp³-hybridized carbons (Fsp3) is 0.556. The largest absolute Gasteiger partial charge is 0.378 e. The summed E-state index contributed by atoms with van der Waals surface area (Å²) in [6.07, 6.45) is 1.14. The van der Waals surface area contributed by atoms with Gasteiger partial charge >= 0.3 is 0 Å². The van der Waals surface area contributed by atoms with Crippen LogP contribution in [0.1, 0.15) is 23.2 Å². The fourth-order valence-electron chi connectivity index (χ4n) is 3.26. The zero-order valence-corrected chi connectivity index (χ0v) is 15.5. The van der Waals surface area contributed by atoms with Crippen molar-refractivity contribution < 1.29 is 18.7 Å². The molecular formula is C18H25ClFN3O3. The molecule has 2 heterocycles. The highest BCUT2D eigenvalue weighted by molar-refractivity contribution is 5.94. The topological polar surface area (TPSA) is 61.9 Å². The summed E-state index contributed by atoms with van der Waals surface area (Å²) < 4.78 is 18.7. The van der Waals surface area contributed by atoms with Crippen LogP contribution < -0.4 is 5.32 Å². The number of hydrogen-bond acceptors (Lipinski definition) is 4. The molecule has 1 unspecified atom stereocenters. The number of rotatable bonds is 3. The van der Waals surface area contributed by atoms with Crippen molar-refractivity contribution in [1.29, 1.82) is 0 Å². The van der Waals surface area contributed by atoms with E-state index in [1.54, 1.807) is 11.0 Å². The zero-order valence-electron chi connectivity index (χ0n) is 14.7. The Morgan fingerprint density at radius 1 is 1.19 bits per heavy atom. The first kappa shape index (κ1) is 20.6. The molecule has 2 saturated heterocycles. The number of hydrogen-bond donors (Lipinski definition) is 1. The van der Waals surface area contributed by atoms with Gasteiger partial charge in [-0.3, -0.25) is 9.59 Å². The minimum Gasteiger partial charge on any atom is -0.378 e. The van der Waals surface area contributed by atoms with Gasteiger partial charge in [0.25, 0.3) is 5.91 Å². The first-order chi connectivity index (χ1) is 12.1. The van der Waals surface area contributed by atoms with Crippen molar-refractivity contribution in [3.8, 4) is 0 Å². The van der Waals surface area contributed by atoms with Crippen molar-refractivity contribution >= 4 is 24.2 Å². The molecule has 0 radical (unpaired) electrons. The third-order valence-electron chi connectivity index (χ3n) is 4.63. The summed E-state index contributed by atoms with van der Waals surface area (Å²) in [5.41, 5.74) is 0.350. The van der Waals surface area contributed by atoms with E-state index in [9.17, 15) is 14.0 Å². The Bertz CT molecular complexity index is 625. The molecule has 1 aromatic carbocycles. The molecule has 1 N–H and O–H groups in total. The molecule has 0 saturated carbocycles. The van der Waals surface area contributed by atoms with E-state index in [2.05, 4.69) is 5.32 Å². The summed E-state index contributed by atoms with van der Waals surface area (Å²) in [4.78, 5) is 28.5. The van der Waals surface area contributed by atoms with Crippen LogP contribution in [0.3, 0.4) is 0 Å². The number of amides is 2. The minimum absolute atomic E-state index is 0. The predicted octanol–water partition coefficient (Wildman–Crippen LogP) is 1.30. The molecular weight excluding hydrogens is 361 g/mol. The highest BCUT2D eigenvalue weighted by Gasteiger charge is 2.25. The van der Waals surface area contributed by atoms with Crippen molar-refractivity contribution in [3.05, 3.63) is 35.6 Å². The molecule has 2 fully saturated rings. The summed E-state index contributed by atoms with van der Waals surface area (Å²) in [6, 6.07) is 5.80. The number of carbonyl (C=O) groups is 2. The van der Waals surface area contributed by atoms with Crippen molar-refractivity contribution in [2.75, 3.05) is 45.9 Å². The molecule has 8 heteroatoms. The predicted molar refractivity (Wildman–Crippen MR) is 98.0 cm³/mol. The molecule has 0 aliphatic carbocycles. The molecule has 2 amide bonds. The van der Waals surface area contributed by atoms with E-state index in [4.69, 9.17) is 4.74 Å². The van der Waals surface area contributed by atoms with Crippen LogP contribution in [0, 0.1) is 5.82 Å². The van der Waals surface area contributed by atoms with Gasteiger partial charge in [-0.15, -0.1) is 12.4 Å². The number of ether oxygens (including phenoxy) is 1. The number of benzene rings is 1. The molecule has 1 atom stereocenters. The Morgan fingerprint density at radius 2 is 1.96 bits per heavy atom. The summed E-state index contributed by atoms with van der Waals surface area (Å²) in [5, 5.41) is 3.29. The van der Waals surface area contributed by atoms with Gasteiger partial charge in [-0.1, -0.05) is 6.07 Å². The van der Waals surface area contributed by atoms with Crippen LogP contribution in [0.2, 0.25) is 0 Å². The van der Waals surface area contributed by atoms with Crippen LogP contribution in [0.15, 0.2) is 24.3 Å². The van der Waals surface area contributed by atoms with Gasteiger partial charge in [0.2, 0.25) is 5.91 Å². The monoisotopic (exact) mass is 385 g/mol. The maximum absolute atomic E-state index is 13.3. The Hall–Kier alpha value is -1.70. The van der Waals surface area contributed by atoms with Gasteiger partial charge in [0.1, 0.15) is 5.82 Å². The van der Waals surface area contributed by atoms with Crippen LogP contribution in [-0.2, 0) is 9.53 Å². The van der Waals surface area contributed by atoms with Gasteiger partial charge in [-0.05, 0) is 24.6 Å². The Kier molecular flexibility index (Phi) is 7.81. The van der Waals surface area contributed by atoms with Gasteiger partial charge in [-0.2, -0.15) is 0 Å². The number of nitrogens with one attached hydrogen (secondary N) is 1. The van der Waals surface area contributed by atoms with Gasteiger partial charge < -0.3 is 19.9 Å². The van der Waals surface area contributed by atoms with E-state index < -0.39 is 5.82 Å². The van der Waals surface area contributed by atoms with Crippen LogP contribution in [0.4, 0.5) is 4.39 Å². The molecule has 144 valence electrons. The van der Waals surface area contributed by atoms with Crippen molar-refractivity contribution in [2.45, 2.75) is 18.9 Å². The zero-order chi connectivity index (χ0) is 17.6. The third-order valence-corrected chi connectivity index (χ3v) is 4.63. The SMILES string of the molecule is Cl.O=C(CC1COCCN1)N1CCCN(C(=O)c2cccc(F)c2)CC1. The molecule has 2 aliphatic rings. The Labute approximate surface area is 159 Å². The molecule has 0 aromatic heterocycles. The highest BCUT2D eigenvalue weighted by atomic mass is 35.5. The average Bonchev–Trinajstić information content (AvgIpc) is 2.88. The number of carbonyl (C=O) groups excluding carboxylic acids is 2. The van der Waals surface area contributed by atoms with Gasteiger partial charge in [-0.25, -0.2) is 4.39 Å². The van der Waals surface area contributed by atoms with Crippen molar-refractivity contribution in [3.63, 3.8) is 0 Å². The van der Waals surface area contributed by atoms with Gasteiger partial charge in [0.15, 0.2) is 0 Å². The second-order valence-corrected chi connectivity index (χ2v) is 6.47. The highest BCUT2D eigenvalue weighted by Crippen LogP contribution is 2.12. The van der Waals surface area contributed by atoms with Crippen molar-refractivity contribution in [1.82, 2.24) is 15.1 Å². The van der Waals surface area contributed by atoms with Gasteiger partial charge in [0.05, 0.1) is 13.2 Å². The van der Waals surface area contributed by atoms with E-state index in [0.29, 0.717) is 51.4 Å². The lowest BCUT2D eigenvalue weighted by atomic mass is 10.1. The number of morpholine rings is 1. The van der Waals surface area contributed by atoms with E-state index in [0.717, 1.165) is 13.0 Å². The maximum Gasteiger partial charge on any atom is 0.254 e. The molecule has 3 rings (SSSR count). The molecule has 1 aromatic rings. The standard InChI is InChI=1S/C18H24FN3O3.ClH/c19-15-4-1-3-14(11-15)18(24)22-7-2-6-21(8-9-22)17(23)12-16-13-25-10-5-20-16;/h1,3-4,11,16,20H,2,5-10,12-13H2;1H. The summed E-state index contributed by atoms with van der Waals surface area (Å²) in [5.74, 6) is -0.515. The summed E-state index contributed by atoms with van der Waals surface area (Å²) in [6.45, 7) is 4.20. The molecule has 0 spiro atoms. The van der Waals surface area contributed by atoms with Crippen LogP contribution in [0.25, 0.3) is 0 Å². The second kappa shape index (κ2) is 9.85. The van der Waals surface area contributed by atoms with Crippen molar-refractivity contribution in [2.24, 2.45) is 0 Å². The summed E-state index contributed by atoms with van der Waals surface area (Å²) in [7, 11) is 0. The molecule has 0 bridgehead atoms. The molecule has 2 aliphatic heterocycles. The normalized spacial score (nSPS) is 20.9. The third kappa shape index (κ3) is 5.40. The van der Waals surface area contributed by atoms with Crippen LogP contribution in [0.5, 0.6) is 0 Å². The average molecular weight is 386 g/mol. The first-order valence-corrected chi connectivity index (χ1v) is 8.77. The molecule has 6 nitrogen and oxygen atoms in total. The maximum atomic E-state index is 13.3. The first-order valence-electron chi connectivity index (χ1n) is 8.77. The van der Waals surface area contributed by atoms with Gasteiger partial charge in [0, 0.05) is 50.7 Å². The van der Waals surface area contributed by atoms with Crippen LogP contribution >= 0.6 is 12.4 Å². The van der Waals surface area contributed by atoms with E-state index in [1.165, 1.54) is 18.2 Å². The van der Waals surface area contributed by atoms with E-state index in [-0.39, 0.29) is 30.3 Å². The van der Waals surface area contributed by atoms with E-state index in [1.807, 2.05) is 4.90 Å². The Morgan fingerprint density at radius 3 is 2.69 bits per heavy atom. The Balaban J connectivity index is 0.00000243. The lowest BCUT2D eigenvalue weighted by molar-refractivity contribution is -0.132. The van der Waals surface area contributed by atoms with E-state index >= 15 is 0 Å². The minimum atomic E-state index is -0.417. The fourth-order valence-corrected chi connectivity index (χ4v) is 3.26. The number of halogens is 2. The summed E-state index contributed by atoms with van der Waals surface area (Å²) >= 11 is 0. The second-order valence-electron chi connectivity index (χ2n) is 6.47. The number of nitrogens with zero attached hydrogens (tertiary/aromatic N) is 2. The smallest absolute Gasteiger partial charge is 0.254 e. The molecule has 26 heavy (non-hydrogen) atoms. The van der Waals surface area contributed by atoms with Crippen LogP contribution in [-0.4, -0.2) is 73.6 Å².